The van der Waals surface area contributed by atoms with Gasteiger partial charge in [-0.3, -0.25) is 9.59 Å². The normalized spacial score (nSPS) is 28.4. The summed E-state index contributed by atoms with van der Waals surface area (Å²) in [6.45, 7) is 3.78. The van der Waals surface area contributed by atoms with Gasteiger partial charge in [0.15, 0.2) is 0 Å². The van der Waals surface area contributed by atoms with Crippen LogP contribution in [-0.4, -0.2) is 31.4 Å². The SMILES string of the molecule is CCOC=O.O=C1CCCC2NCCCC12. The lowest BCUT2D eigenvalue weighted by Crippen LogP contribution is -2.46. The minimum absolute atomic E-state index is 0.373. The van der Waals surface area contributed by atoms with E-state index in [0.29, 0.717) is 30.8 Å². The fourth-order valence-electron chi connectivity index (χ4n) is 2.39. The molecule has 1 saturated heterocycles. The van der Waals surface area contributed by atoms with Gasteiger partial charge in [0.1, 0.15) is 5.78 Å². The highest BCUT2D eigenvalue weighted by Crippen LogP contribution is 2.27. The Morgan fingerprint density at radius 2 is 2.25 bits per heavy atom. The molecule has 2 rings (SSSR count). The zero-order chi connectivity index (χ0) is 11.8. The van der Waals surface area contributed by atoms with Crippen LogP contribution in [0, 0.1) is 5.92 Å². The van der Waals surface area contributed by atoms with Crippen LogP contribution in [0.4, 0.5) is 0 Å². The second kappa shape index (κ2) is 7.39. The summed E-state index contributed by atoms with van der Waals surface area (Å²) in [5, 5.41) is 3.43. The molecule has 2 atom stereocenters. The summed E-state index contributed by atoms with van der Waals surface area (Å²) < 4.78 is 4.15. The Kier molecular flexibility index (Phi) is 6.08. The summed E-state index contributed by atoms with van der Waals surface area (Å²) in [5.74, 6) is 0.881. The Hall–Kier alpha value is -0.900. The number of carbonyl (C=O) groups excluding carboxylic acids is 2. The van der Waals surface area contributed by atoms with Crippen molar-refractivity contribution in [2.24, 2.45) is 5.92 Å². The molecule has 4 nitrogen and oxygen atoms in total. The summed E-state index contributed by atoms with van der Waals surface area (Å²) in [6.07, 6.45) is 5.48. The Balaban J connectivity index is 0.000000221. The third-order valence-corrected chi connectivity index (χ3v) is 3.17. The maximum atomic E-state index is 11.4. The molecule has 0 spiro atoms. The predicted molar refractivity (Wildman–Crippen MR) is 61.1 cm³/mol. The van der Waals surface area contributed by atoms with E-state index in [9.17, 15) is 9.59 Å². The quantitative estimate of drug-likeness (QED) is 0.722. The molecule has 0 aromatic carbocycles. The van der Waals surface area contributed by atoms with Crippen molar-refractivity contribution in [1.82, 2.24) is 5.32 Å². The predicted octanol–water partition coefficient (Wildman–Crippen LogP) is 1.29. The average Bonchev–Trinajstić information content (AvgIpc) is 2.32. The van der Waals surface area contributed by atoms with Crippen molar-refractivity contribution in [3.8, 4) is 0 Å². The van der Waals surface area contributed by atoms with Crippen molar-refractivity contribution in [2.45, 2.75) is 45.1 Å². The first-order valence-electron chi connectivity index (χ1n) is 6.11. The van der Waals surface area contributed by atoms with Crippen LogP contribution in [0.15, 0.2) is 0 Å². The van der Waals surface area contributed by atoms with Gasteiger partial charge in [-0.2, -0.15) is 0 Å². The Morgan fingerprint density at radius 3 is 2.81 bits per heavy atom. The van der Waals surface area contributed by atoms with E-state index in [1.54, 1.807) is 6.92 Å². The Bertz CT molecular complexity index is 228. The molecule has 92 valence electrons. The first-order chi connectivity index (χ1) is 7.79. The van der Waals surface area contributed by atoms with Crippen LogP contribution in [-0.2, 0) is 14.3 Å². The molecule has 0 aromatic rings. The lowest BCUT2D eigenvalue weighted by Gasteiger charge is -2.34. The van der Waals surface area contributed by atoms with Crippen molar-refractivity contribution in [3.05, 3.63) is 0 Å². The molecule has 1 heterocycles. The van der Waals surface area contributed by atoms with Gasteiger partial charge in [-0.25, -0.2) is 0 Å². The highest BCUT2D eigenvalue weighted by atomic mass is 16.5. The zero-order valence-electron chi connectivity index (χ0n) is 9.91. The molecule has 0 bridgehead atoms. The number of ketones is 1. The third-order valence-electron chi connectivity index (χ3n) is 3.17. The maximum absolute atomic E-state index is 11.4. The summed E-state index contributed by atoms with van der Waals surface area (Å²) in [6, 6.07) is 0.532. The molecule has 2 unspecified atom stereocenters. The van der Waals surface area contributed by atoms with Crippen molar-refractivity contribution in [2.75, 3.05) is 13.2 Å². The van der Waals surface area contributed by atoms with Crippen molar-refractivity contribution in [1.29, 1.82) is 0 Å². The van der Waals surface area contributed by atoms with Gasteiger partial charge in [0.2, 0.25) is 0 Å². The lowest BCUT2D eigenvalue weighted by molar-refractivity contribution is -0.128. The number of piperidine rings is 1. The van der Waals surface area contributed by atoms with Crippen molar-refractivity contribution in [3.63, 3.8) is 0 Å². The van der Waals surface area contributed by atoms with Crippen LogP contribution < -0.4 is 5.32 Å². The van der Waals surface area contributed by atoms with Gasteiger partial charge in [0.25, 0.3) is 6.47 Å². The van der Waals surface area contributed by atoms with Gasteiger partial charge in [0.05, 0.1) is 6.61 Å². The van der Waals surface area contributed by atoms with Crippen LogP contribution in [0.2, 0.25) is 0 Å². The number of carbonyl (C=O) groups is 2. The van der Waals surface area contributed by atoms with Gasteiger partial charge in [0, 0.05) is 18.4 Å². The minimum atomic E-state index is 0.373. The Labute approximate surface area is 96.7 Å². The highest BCUT2D eigenvalue weighted by molar-refractivity contribution is 5.82. The molecule has 1 aliphatic carbocycles. The van der Waals surface area contributed by atoms with E-state index < -0.39 is 0 Å². The fourth-order valence-corrected chi connectivity index (χ4v) is 2.39. The molecule has 0 aromatic heterocycles. The summed E-state index contributed by atoms with van der Waals surface area (Å²) in [7, 11) is 0. The molecule has 0 radical (unpaired) electrons. The van der Waals surface area contributed by atoms with E-state index in [-0.39, 0.29) is 0 Å². The molecular weight excluding hydrogens is 206 g/mol. The van der Waals surface area contributed by atoms with Gasteiger partial charge < -0.3 is 10.1 Å². The second-order valence-electron chi connectivity index (χ2n) is 4.22. The molecule has 4 heteroatoms. The number of hydrogen-bond donors (Lipinski definition) is 1. The van der Waals surface area contributed by atoms with E-state index in [2.05, 4.69) is 10.1 Å². The second-order valence-corrected chi connectivity index (χ2v) is 4.22. The highest BCUT2D eigenvalue weighted by Gasteiger charge is 2.32. The molecule has 1 saturated carbocycles. The number of ether oxygens (including phenoxy) is 1. The van der Waals surface area contributed by atoms with Crippen LogP contribution in [0.5, 0.6) is 0 Å². The number of hydrogen-bond acceptors (Lipinski definition) is 4. The van der Waals surface area contributed by atoms with Crippen molar-refractivity contribution >= 4 is 12.3 Å². The number of rotatable bonds is 2. The number of nitrogens with one attached hydrogen (secondary N) is 1. The largest absolute Gasteiger partial charge is 0.468 e. The summed E-state index contributed by atoms with van der Waals surface area (Å²) in [5.41, 5.74) is 0. The first-order valence-corrected chi connectivity index (χ1v) is 6.11. The van der Waals surface area contributed by atoms with E-state index in [4.69, 9.17) is 0 Å². The first kappa shape index (κ1) is 13.2. The Morgan fingerprint density at radius 1 is 1.44 bits per heavy atom. The van der Waals surface area contributed by atoms with Crippen LogP contribution >= 0.6 is 0 Å². The van der Waals surface area contributed by atoms with Gasteiger partial charge in [-0.05, 0) is 39.2 Å². The summed E-state index contributed by atoms with van der Waals surface area (Å²) >= 11 is 0. The van der Waals surface area contributed by atoms with E-state index in [0.717, 1.165) is 25.8 Å². The topological polar surface area (TPSA) is 55.4 Å². The average molecular weight is 227 g/mol. The fraction of sp³-hybridized carbons (Fsp3) is 0.833. The van der Waals surface area contributed by atoms with Crippen LogP contribution in [0.25, 0.3) is 0 Å². The van der Waals surface area contributed by atoms with Gasteiger partial charge in [-0.15, -0.1) is 0 Å². The van der Waals surface area contributed by atoms with Gasteiger partial charge in [-0.1, -0.05) is 0 Å². The molecule has 2 fully saturated rings. The minimum Gasteiger partial charge on any atom is -0.468 e. The zero-order valence-corrected chi connectivity index (χ0v) is 9.91. The number of fused-ring (bicyclic) bond motifs is 1. The third kappa shape index (κ3) is 3.93. The standard InChI is InChI=1S/C9H15NO.C3H6O2/c11-9-5-1-4-8-7(9)3-2-6-10-8;1-2-5-3-4/h7-8,10H,1-6H2;3H,2H2,1H3. The molecule has 0 amide bonds. The molecular formula is C12H21NO3. The monoisotopic (exact) mass is 227 g/mol. The van der Waals surface area contributed by atoms with Crippen LogP contribution in [0.3, 0.4) is 0 Å². The molecule has 2 aliphatic rings. The van der Waals surface area contributed by atoms with E-state index in [1.165, 1.54) is 12.8 Å². The molecule has 16 heavy (non-hydrogen) atoms. The van der Waals surface area contributed by atoms with E-state index in [1.807, 2.05) is 0 Å². The van der Waals surface area contributed by atoms with Crippen LogP contribution in [0.1, 0.15) is 39.0 Å². The van der Waals surface area contributed by atoms with Gasteiger partial charge >= 0.3 is 0 Å². The maximum Gasteiger partial charge on any atom is 0.293 e. The smallest absolute Gasteiger partial charge is 0.293 e. The molecule has 1 aliphatic heterocycles. The summed E-state index contributed by atoms with van der Waals surface area (Å²) in [4.78, 5) is 20.6. The van der Waals surface area contributed by atoms with E-state index >= 15 is 0 Å². The number of Topliss-reactive ketones (excluding diaryl/α,β-unsaturated/α-hetero) is 1. The van der Waals surface area contributed by atoms with Crippen molar-refractivity contribution < 1.29 is 14.3 Å². The molecule has 1 N–H and O–H groups in total. The lowest BCUT2D eigenvalue weighted by atomic mass is 9.79.